The van der Waals surface area contributed by atoms with Gasteiger partial charge in [0.05, 0.1) is 5.57 Å². The molecule has 6 heteroatoms. The topological polar surface area (TPSA) is 72.2 Å². The normalized spacial score (nSPS) is 11.2. The summed E-state index contributed by atoms with van der Waals surface area (Å²) in [5.74, 6) is -1.22. The van der Waals surface area contributed by atoms with E-state index in [0.717, 1.165) is 17.2 Å². The molecule has 0 spiro atoms. The van der Waals surface area contributed by atoms with E-state index in [0.29, 0.717) is 21.3 Å². The average Bonchev–Trinajstić information content (AvgIpc) is 2.47. The number of aryl methyl sites for hydroxylation is 2. The first-order valence-electron chi connectivity index (χ1n) is 7.12. The summed E-state index contributed by atoms with van der Waals surface area (Å²) in [5.41, 5.74) is 8.60. The van der Waals surface area contributed by atoms with Crippen LogP contribution in [0.1, 0.15) is 16.7 Å². The van der Waals surface area contributed by atoms with Crippen molar-refractivity contribution in [3.05, 3.63) is 69.2 Å². The predicted octanol–water partition coefficient (Wildman–Crippen LogP) is 4.12. The lowest BCUT2D eigenvalue weighted by Crippen LogP contribution is -2.17. The Kier molecular flexibility index (Phi) is 5.65. The van der Waals surface area contributed by atoms with Gasteiger partial charge in [0.2, 0.25) is 11.8 Å². The summed E-state index contributed by atoms with van der Waals surface area (Å²) in [6.07, 6.45) is 1.14. The van der Waals surface area contributed by atoms with E-state index in [2.05, 4.69) is 5.32 Å². The molecule has 0 unspecified atom stereocenters. The highest BCUT2D eigenvalue weighted by molar-refractivity contribution is 6.35. The number of nitrogens with two attached hydrogens (primary N) is 1. The van der Waals surface area contributed by atoms with Crippen molar-refractivity contribution >= 4 is 46.3 Å². The molecule has 4 nitrogen and oxygen atoms in total. The van der Waals surface area contributed by atoms with Gasteiger partial charge in [-0.3, -0.25) is 9.59 Å². The highest BCUT2D eigenvalue weighted by Crippen LogP contribution is 2.24. The summed E-state index contributed by atoms with van der Waals surface area (Å²) < 4.78 is 0. The fourth-order valence-corrected chi connectivity index (χ4v) is 2.66. The fraction of sp³-hybridized carbons (Fsp3) is 0.111. The third-order valence-corrected chi connectivity index (χ3v) is 3.93. The van der Waals surface area contributed by atoms with Crippen molar-refractivity contribution in [2.24, 2.45) is 5.73 Å². The van der Waals surface area contributed by atoms with E-state index in [-0.39, 0.29) is 5.57 Å². The number of rotatable bonds is 4. The van der Waals surface area contributed by atoms with Gasteiger partial charge in [0.15, 0.2) is 0 Å². The number of anilines is 1. The number of primary amides is 1. The maximum absolute atomic E-state index is 12.2. The molecule has 24 heavy (non-hydrogen) atoms. The monoisotopic (exact) mass is 362 g/mol. The summed E-state index contributed by atoms with van der Waals surface area (Å²) in [5, 5.41) is 3.40. The van der Waals surface area contributed by atoms with E-state index < -0.39 is 11.8 Å². The van der Waals surface area contributed by atoms with Crippen LogP contribution in [-0.4, -0.2) is 11.8 Å². The van der Waals surface area contributed by atoms with Gasteiger partial charge in [-0.25, -0.2) is 0 Å². The highest BCUT2D eigenvalue weighted by atomic mass is 35.5. The van der Waals surface area contributed by atoms with E-state index >= 15 is 0 Å². The minimum Gasteiger partial charge on any atom is -0.366 e. The van der Waals surface area contributed by atoms with Crippen molar-refractivity contribution in [2.45, 2.75) is 13.8 Å². The van der Waals surface area contributed by atoms with Crippen LogP contribution in [0.25, 0.3) is 5.57 Å². The number of hydrogen-bond acceptors (Lipinski definition) is 2. The minimum atomic E-state index is -0.747. The second-order valence-electron chi connectivity index (χ2n) is 5.37. The number of amides is 2. The molecule has 3 N–H and O–H groups in total. The quantitative estimate of drug-likeness (QED) is 0.802. The van der Waals surface area contributed by atoms with Crippen LogP contribution in [0, 0.1) is 13.8 Å². The first kappa shape index (κ1) is 18.0. The van der Waals surface area contributed by atoms with E-state index in [9.17, 15) is 9.59 Å². The zero-order chi connectivity index (χ0) is 17.9. The molecule has 0 radical (unpaired) electrons. The van der Waals surface area contributed by atoms with Gasteiger partial charge in [-0.05, 0) is 60.9 Å². The Balaban J connectivity index is 2.31. The molecule has 0 saturated heterocycles. The van der Waals surface area contributed by atoms with Crippen LogP contribution in [0.15, 0.2) is 42.5 Å². The molecular formula is C18H16Cl2N2O2. The third-order valence-electron chi connectivity index (χ3n) is 3.49. The molecule has 0 fully saturated rings. The Labute approximate surface area is 150 Å². The molecule has 2 aromatic rings. The van der Waals surface area contributed by atoms with Crippen molar-refractivity contribution in [3.63, 3.8) is 0 Å². The van der Waals surface area contributed by atoms with E-state index in [1.54, 1.807) is 6.07 Å². The van der Waals surface area contributed by atoms with Gasteiger partial charge in [0.1, 0.15) is 0 Å². The van der Waals surface area contributed by atoms with Crippen molar-refractivity contribution < 1.29 is 9.59 Å². The molecule has 0 aromatic heterocycles. The van der Waals surface area contributed by atoms with Crippen molar-refractivity contribution in [3.8, 4) is 0 Å². The van der Waals surface area contributed by atoms with Crippen LogP contribution in [0.3, 0.4) is 0 Å². The Morgan fingerprint density at radius 3 is 2.17 bits per heavy atom. The SMILES string of the molecule is Cc1ccc(NC(=O)/C=C(\C(N)=O)c2cc(Cl)cc(Cl)c2)cc1C. The van der Waals surface area contributed by atoms with Gasteiger partial charge in [-0.15, -0.1) is 0 Å². The van der Waals surface area contributed by atoms with Crippen molar-refractivity contribution in [2.75, 3.05) is 5.32 Å². The van der Waals surface area contributed by atoms with Crippen molar-refractivity contribution in [1.82, 2.24) is 0 Å². The molecule has 124 valence electrons. The Morgan fingerprint density at radius 1 is 1.00 bits per heavy atom. The Morgan fingerprint density at radius 2 is 1.62 bits per heavy atom. The third kappa shape index (κ3) is 4.60. The molecule has 0 aliphatic rings. The number of halogens is 2. The summed E-state index contributed by atoms with van der Waals surface area (Å²) in [7, 11) is 0. The van der Waals surface area contributed by atoms with Gasteiger partial charge in [0, 0.05) is 21.8 Å². The van der Waals surface area contributed by atoms with Crippen LogP contribution in [0.4, 0.5) is 5.69 Å². The Bertz CT molecular complexity index is 825. The minimum absolute atomic E-state index is 0.0285. The van der Waals surface area contributed by atoms with Gasteiger partial charge < -0.3 is 11.1 Å². The smallest absolute Gasteiger partial charge is 0.249 e. The Hall–Kier alpha value is -2.30. The van der Waals surface area contributed by atoms with Crippen LogP contribution in [-0.2, 0) is 9.59 Å². The summed E-state index contributed by atoms with van der Waals surface area (Å²) in [4.78, 5) is 23.9. The van der Waals surface area contributed by atoms with E-state index in [1.165, 1.54) is 18.2 Å². The lowest BCUT2D eigenvalue weighted by molar-refractivity contribution is -0.114. The number of carbonyl (C=O) groups is 2. The number of benzene rings is 2. The lowest BCUT2D eigenvalue weighted by atomic mass is 10.0. The highest BCUT2D eigenvalue weighted by Gasteiger charge is 2.13. The predicted molar refractivity (Wildman–Crippen MR) is 98.2 cm³/mol. The van der Waals surface area contributed by atoms with Crippen LogP contribution in [0.5, 0.6) is 0 Å². The molecular weight excluding hydrogens is 347 g/mol. The second-order valence-corrected chi connectivity index (χ2v) is 6.24. The maximum atomic E-state index is 12.2. The number of carbonyl (C=O) groups excluding carboxylic acids is 2. The van der Waals surface area contributed by atoms with Gasteiger partial charge in [0.25, 0.3) is 0 Å². The largest absolute Gasteiger partial charge is 0.366 e. The molecule has 0 heterocycles. The fourth-order valence-electron chi connectivity index (χ4n) is 2.13. The first-order chi connectivity index (χ1) is 11.3. The first-order valence-corrected chi connectivity index (χ1v) is 7.88. The number of nitrogens with one attached hydrogen (secondary N) is 1. The van der Waals surface area contributed by atoms with E-state index in [1.807, 2.05) is 26.0 Å². The van der Waals surface area contributed by atoms with Gasteiger partial charge in [-0.2, -0.15) is 0 Å². The molecule has 0 atom stereocenters. The molecule has 2 aromatic carbocycles. The zero-order valence-corrected chi connectivity index (χ0v) is 14.7. The average molecular weight is 363 g/mol. The van der Waals surface area contributed by atoms with Crippen LogP contribution < -0.4 is 11.1 Å². The molecule has 2 amide bonds. The van der Waals surface area contributed by atoms with E-state index in [4.69, 9.17) is 28.9 Å². The lowest BCUT2D eigenvalue weighted by Gasteiger charge is -2.08. The maximum Gasteiger partial charge on any atom is 0.249 e. The van der Waals surface area contributed by atoms with Gasteiger partial charge in [-0.1, -0.05) is 29.3 Å². The summed E-state index contributed by atoms with van der Waals surface area (Å²) in [6, 6.07) is 10.1. The summed E-state index contributed by atoms with van der Waals surface area (Å²) in [6.45, 7) is 3.93. The van der Waals surface area contributed by atoms with Crippen LogP contribution >= 0.6 is 23.2 Å². The molecule has 0 aliphatic carbocycles. The molecule has 2 rings (SSSR count). The number of hydrogen-bond donors (Lipinski definition) is 2. The van der Waals surface area contributed by atoms with Gasteiger partial charge >= 0.3 is 0 Å². The van der Waals surface area contributed by atoms with Crippen LogP contribution in [0.2, 0.25) is 10.0 Å². The second kappa shape index (κ2) is 7.51. The molecule has 0 saturated carbocycles. The zero-order valence-electron chi connectivity index (χ0n) is 13.2. The molecule has 0 bridgehead atoms. The standard InChI is InChI=1S/C18H16Cl2N2O2/c1-10-3-4-15(5-11(10)2)22-17(23)9-16(18(21)24)12-6-13(19)8-14(20)7-12/h3-9H,1-2H3,(H2,21,24)(H,22,23)/b16-9-. The summed E-state index contributed by atoms with van der Waals surface area (Å²) >= 11 is 11.9. The molecule has 0 aliphatic heterocycles. The van der Waals surface area contributed by atoms with Crippen molar-refractivity contribution in [1.29, 1.82) is 0 Å².